The summed E-state index contributed by atoms with van der Waals surface area (Å²) in [5.74, 6) is -0.897. The number of hydrogen-bond acceptors (Lipinski definition) is 5. The summed E-state index contributed by atoms with van der Waals surface area (Å²) in [5, 5.41) is 29.5. The molecule has 7 nitrogen and oxygen atoms in total. The molecule has 1 aliphatic heterocycles. The third kappa shape index (κ3) is 8.35. The third-order valence-electron chi connectivity index (χ3n) is 4.05. The second-order valence-corrected chi connectivity index (χ2v) is 6.54. The number of carboxylic acids is 1. The van der Waals surface area contributed by atoms with Gasteiger partial charge in [0.15, 0.2) is 0 Å². The molecule has 1 aromatic carbocycles. The predicted molar refractivity (Wildman–Crippen MR) is 97.5 cm³/mol. The first-order valence-electron chi connectivity index (χ1n) is 8.06. The topological polar surface area (TPSA) is 110 Å². The van der Waals surface area contributed by atoms with E-state index in [1.54, 1.807) is 24.3 Å². The van der Waals surface area contributed by atoms with E-state index in [-0.39, 0.29) is 11.8 Å². The molecule has 1 amide bonds. The molecule has 25 heavy (non-hydrogen) atoms. The maximum absolute atomic E-state index is 10.9. The Labute approximate surface area is 152 Å². The van der Waals surface area contributed by atoms with Gasteiger partial charge in [0.05, 0.1) is 5.92 Å². The van der Waals surface area contributed by atoms with Crippen LogP contribution in [0.25, 0.3) is 0 Å². The SMILES string of the molecule is CN1CC(CCCB(O)O)C(C(=O)O)C1.O=CNc1ccc(Cl)cc1. The van der Waals surface area contributed by atoms with E-state index in [9.17, 15) is 9.59 Å². The largest absolute Gasteiger partial charge is 0.481 e. The highest BCUT2D eigenvalue weighted by atomic mass is 35.5. The Kier molecular flexibility index (Phi) is 9.51. The summed E-state index contributed by atoms with van der Waals surface area (Å²) in [5.41, 5.74) is 0.749. The van der Waals surface area contributed by atoms with Gasteiger partial charge in [-0.05, 0) is 50.0 Å². The quantitative estimate of drug-likeness (QED) is 0.427. The van der Waals surface area contributed by atoms with Crippen LogP contribution in [0.15, 0.2) is 24.3 Å². The van der Waals surface area contributed by atoms with Gasteiger partial charge >= 0.3 is 13.1 Å². The number of likely N-dealkylation sites (tertiary alicyclic amines) is 1. The molecule has 0 spiro atoms. The zero-order valence-corrected chi connectivity index (χ0v) is 14.9. The number of amides is 1. The summed E-state index contributed by atoms with van der Waals surface area (Å²) in [6.07, 6.45) is 2.37. The van der Waals surface area contributed by atoms with Gasteiger partial charge in [-0.2, -0.15) is 0 Å². The lowest BCUT2D eigenvalue weighted by Crippen LogP contribution is -2.22. The molecule has 138 valence electrons. The van der Waals surface area contributed by atoms with Crippen LogP contribution in [0.5, 0.6) is 0 Å². The first kappa shape index (κ1) is 21.4. The zero-order chi connectivity index (χ0) is 18.8. The minimum absolute atomic E-state index is 0.145. The molecule has 0 saturated carbocycles. The number of benzene rings is 1. The molecule has 1 heterocycles. The number of aliphatic carboxylic acids is 1. The summed E-state index contributed by atoms with van der Waals surface area (Å²) < 4.78 is 0. The van der Waals surface area contributed by atoms with Gasteiger partial charge in [0.1, 0.15) is 0 Å². The molecule has 1 fully saturated rings. The van der Waals surface area contributed by atoms with Gasteiger partial charge in [-0.1, -0.05) is 18.0 Å². The van der Waals surface area contributed by atoms with Crippen LogP contribution in [0.1, 0.15) is 12.8 Å². The van der Waals surface area contributed by atoms with E-state index in [4.69, 9.17) is 26.8 Å². The minimum atomic E-state index is -1.27. The average molecular weight is 371 g/mol. The molecule has 1 aromatic rings. The van der Waals surface area contributed by atoms with Crippen LogP contribution in [0.2, 0.25) is 11.3 Å². The number of carbonyl (C=O) groups is 2. The molecule has 1 saturated heterocycles. The van der Waals surface area contributed by atoms with Crippen LogP contribution < -0.4 is 5.32 Å². The molecule has 0 aliphatic carbocycles. The van der Waals surface area contributed by atoms with E-state index in [1.807, 2.05) is 11.9 Å². The molecule has 0 bridgehead atoms. The van der Waals surface area contributed by atoms with Gasteiger partial charge in [-0.3, -0.25) is 9.59 Å². The Morgan fingerprint density at radius 1 is 1.36 bits per heavy atom. The highest BCUT2D eigenvalue weighted by molar-refractivity contribution is 6.40. The van der Waals surface area contributed by atoms with Crippen molar-refractivity contribution in [3.05, 3.63) is 29.3 Å². The number of hydrogen-bond donors (Lipinski definition) is 4. The molecule has 2 atom stereocenters. The van der Waals surface area contributed by atoms with Crippen LogP contribution in [0.4, 0.5) is 5.69 Å². The van der Waals surface area contributed by atoms with Crippen LogP contribution >= 0.6 is 11.6 Å². The van der Waals surface area contributed by atoms with Gasteiger partial charge in [-0.15, -0.1) is 0 Å². The summed E-state index contributed by atoms with van der Waals surface area (Å²) >= 11 is 5.60. The lowest BCUT2D eigenvalue weighted by Gasteiger charge is -2.13. The summed E-state index contributed by atoms with van der Waals surface area (Å²) in [6, 6.07) is 6.90. The zero-order valence-electron chi connectivity index (χ0n) is 14.1. The molecule has 2 unspecified atom stereocenters. The van der Waals surface area contributed by atoms with E-state index in [0.717, 1.165) is 18.7 Å². The van der Waals surface area contributed by atoms with Gasteiger partial charge < -0.3 is 25.4 Å². The van der Waals surface area contributed by atoms with Gasteiger partial charge in [0.2, 0.25) is 6.41 Å². The summed E-state index contributed by atoms with van der Waals surface area (Å²) in [6.45, 7) is 1.39. The second-order valence-electron chi connectivity index (χ2n) is 6.11. The molecule has 0 aromatic heterocycles. The maximum atomic E-state index is 10.9. The van der Waals surface area contributed by atoms with Crippen LogP contribution in [-0.2, 0) is 9.59 Å². The molecular weight excluding hydrogens is 346 g/mol. The monoisotopic (exact) mass is 370 g/mol. The molecule has 1 aliphatic rings. The van der Waals surface area contributed by atoms with Crippen molar-refractivity contribution in [2.75, 3.05) is 25.5 Å². The van der Waals surface area contributed by atoms with Crippen LogP contribution in [0, 0.1) is 11.8 Å². The average Bonchev–Trinajstić information content (AvgIpc) is 2.91. The number of rotatable bonds is 7. The van der Waals surface area contributed by atoms with Crippen molar-refractivity contribution in [3.8, 4) is 0 Å². The fourth-order valence-corrected chi connectivity index (χ4v) is 2.96. The Morgan fingerprint density at radius 3 is 2.52 bits per heavy atom. The third-order valence-corrected chi connectivity index (χ3v) is 4.30. The number of nitrogens with zero attached hydrogens (tertiary/aromatic N) is 1. The van der Waals surface area contributed by atoms with Crippen LogP contribution in [-0.4, -0.2) is 59.7 Å². The van der Waals surface area contributed by atoms with Crippen molar-refractivity contribution in [3.63, 3.8) is 0 Å². The lowest BCUT2D eigenvalue weighted by molar-refractivity contribution is -0.142. The maximum Gasteiger partial charge on any atom is 0.451 e. The Morgan fingerprint density at radius 2 is 2.00 bits per heavy atom. The Bertz CT molecular complexity index is 544. The van der Waals surface area contributed by atoms with Crippen molar-refractivity contribution >= 4 is 36.8 Å². The second kappa shape index (κ2) is 11.1. The summed E-state index contributed by atoms with van der Waals surface area (Å²) in [4.78, 5) is 22.9. The molecule has 0 radical (unpaired) electrons. The number of anilines is 1. The van der Waals surface area contributed by atoms with E-state index in [2.05, 4.69) is 5.32 Å². The first-order valence-corrected chi connectivity index (χ1v) is 8.44. The van der Waals surface area contributed by atoms with E-state index < -0.39 is 13.1 Å². The number of carbonyl (C=O) groups excluding carboxylic acids is 1. The minimum Gasteiger partial charge on any atom is -0.481 e. The summed E-state index contributed by atoms with van der Waals surface area (Å²) in [7, 11) is 0.643. The lowest BCUT2D eigenvalue weighted by atomic mass is 9.80. The fourth-order valence-electron chi connectivity index (χ4n) is 2.84. The molecule has 4 N–H and O–H groups in total. The highest BCUT2D eigenvalue weighted by Gasteiger charge is 2.35. The Hall–Kier alpha value is -1.61. The van der Waals surface area contributed by atoms with Gasteiger partial charge in [0, 0.05) is 23.8 Å². The van der Waals surface area contributed by atoms with E-state index in [1.165, 1.54) is 0 Å². The Balaban J connectivity index is 0.000000271. The van der Waals surface area contributed by atoms with E-state index in [0.29, 0.717) is 30.7 Å². The fraction of sp³-hybridized carbons (Fsp3) is 0.500. The number of halogens is 1. The number of carboxylic acid groups (broad SMARTS) is 1. The predicted octanol–water partition coefficient (Wildman–Crippen LogP) is 1.41. The number of nitrogens with one attached hydrogen (secondary N) is 1. The molecular formula is C16H24BClN2O5. The van der Waals surface area contributed by atoms with Gasteiger partial charge in [-0.25, -0.2) is 0 Å². The first-order chi connectivity index (χ1) is 11.8. The van der Waals surface area contributed by atoms with Crippen molar-refractivity contribution in [1.82, 2.24) is 4.90 Å². The highest BCUT2D eigenvalue weighted by Crippen LogP contribution is 2.27. The molecule has 9 heteroatoms. The van der Waals surface area contributed by atoms with Crippen molar-refractivity contribution in [2.24, 2.45) is 11.8 Å². The van der Waals surface area contributed by atoms with Gasteiger partial charge in [0.25, 0.3) is 0 Å². The van der Waals surface area contributed by atoms with Crippen molar-refractivity contribution in [2.45, 2.75) is 19.2 Å². The van der Waals surface area contributed by atoms with E-state index >= 15 is 0 Å². The smallest absolute Gasteiger partial charge is 0.451 e. The van der Waals surface area contributed by atoms with Crippen LogP contribution in [0.3, 0.4) is 0 Å². The normalized spacial score (nSPS) is 19.7. The van der Waals surface area contributed by atoms with Crippen molar-refractivity contribution < 1.29 is 24.7 Å². The standard InChI is InChI=1S/C9H18BNO4.C7H6ClNO/c1-11-5-7(3-2-4-10(14)15)8(6-11)9(12)13;8-6-1-3-7(4-2-6)9-5-10/h7-8,14-15H,2-6H2,1H3,(H,12,13);1-5H,(H,9,10). The van der Waals surface area contributed by atoms with Crippen molar-refractivity contribution in [1.29, 1.82) is 0 Å². The molecule has 2 rings (SSSR count).